The van der Waals surface area contributed by atoms with Gasteiger partial charge < -0.3 is 10.6 Å². The Morgan fingerprint density at radius 2 is 1.61 bits per heavy atom. The summed E-state index contributed by atoms with van der Waals surface area (Å²) in [6.45, 7) is 1.82. The van der Waals surface area contributed by atoms with Crippen LogP contribution in [-0.2, 0) is 0 Å². The highest BCUT2D eigenvalue weighted by Gasteiger charge is 2.16. The highest BCUT2D eigenvalue weighted by molar-refractivity contribution is 7.21. The third-order valence-electron chi connectivity index (χ3n) is 4.25. The number of thiophene rings is 2. The highest BCUT2D eigenvalue weighted by atomic mass is 32.1. The Bertz CT molecular complexity index is 1170. The van der Waals surface area contributed by atoms with E-state index in [1.165, 1.54) is 34.8 Å². The Labute approximate surface area is 168 Å². The minimum Gasteiger partial charge on any atom is -0.321 e. The van der Waals surface area contributed by atoms with Gasteiger partial charge in [-0.1, -0.05) is 6.07 Å². The summed E-state index contributed by atoms with van der Waals surface area (Å²) in [7, 11) is 0. The zero-order valence-electron chi connectivity index (χ0n) is 14.8. The van der Waals surface area contributed by atoms with Gasteiger partial charge in [0, 0.05) is 16.1 Å². The van der Waals surface area contributed by atoms with E-state index in [0.717, 1.165) is 15.6 Å². The quantitative estimate of drug-likeness (QED) is 0.439. The van der Waals surface area contributed by atoms with E-state index in [4.69, 9.17) is 0 Å². The van der Waals surface area contributed by atoms with Crippen LogP contribution in [0.25, 0.3) is 10.1 Å². The van der Waals surface area contributed by atoms with Crippen molar-refractivity contribution in [3.8, 4) is 0 Å². The Morgan fingerprint density at radius 3 is 2.25 bits per heavy atom. The normalized spacial score (nSPS) is 10.8. The lowest BCUT2D eigenvalue weighted by atomic mass is 10.1. The van der Waals surface area contributed by atoms with Gasteiger partial charge in [-0.3, -0.25) is 9.59 Å². The number of halogens is 1. The summed E-state index contributed by atoms with van der Waals surface area (Å²) in [5.41, 5.74) is 2.02. The lowest BCUT2D eigenvalue weighted by molar-refractivity contribution is 0.102. The van der Waals surface area contributed by atoms with Crippen molar-refractivity contribution in [3.05, 3.63) is 81.1 Å². The number of rotatable bonds is 4. The number of amides is 2. The van der Waals surface area contributed by atoms with E-state index in [-0.39, 0.29) is 17.6 Å². The van der Waals surface area contributed by atoms with Crippen molar-refractivity contribution in [3.63, 3.8) is 0 Å². The molecule has 0 aliphatic carbocycles. The van der Waals surface area contributed by atoms with E-state index in [1.807, 2.05) is 18.4 Å². The third kappa shape index (κ3) is 3.67. The van der Waals surface area contributed by atoms with Crippen LogP contribution in [0.5, 0.6) is 0 Å². The summed E-state index contributed by atoms with van der Waals surface area (Å²) in [4.78, 5) is 25.9. The second-order valence-corrected chi connectivity index (χ2v) is 8.16. The standard InChI is InChI=1S/C21H15FN2O2S2/c1-12-16-11-13(22)4-9-17(16)28-19(12)21(26)24-15-7-5-14(6-8-15)23-20(25)18-3-2-10-27-18/h2-11H,1H3,(H,23,25)(H,24,26). The zero-order chi connectivity index (χ0) is 19.7. The molecule has 2 N–H and O–H groups in total. The van der Waals surface area contributed by atoms with E-state index >= 15 is 0 Å². The van der Waals surface area contributed by atoms with Crippen LogP contribution in [0.1, 0.15) is 24.9 Å². The van der Waals surface area contributed by atoms with Gasteiger partial charge in [0.05, 0.1) is 9.75 Å². The average Bonchev–Trinajstić information content (AvgIpc) is 3.32. The van der Waals surface area contributed by atoms with E-state index in [0.29, 0.717) is 21.1 Å². The maximum Gasteiger partial charge on any atom is 0.266 e. The first kappa shape index (κ1) is 18.3. The molecular formula is C21H15FN2O2S2. The molecule has 0 unspecified atom stereocenters. The summed E-state index contributed by atoms with van der Waals surface area (Å²) in [5.74, 6) is -0.727. The van der Waals surface area contributed by atoms with Gasteiger partial charge in [0.25, 0.3) is 11.8 Å². The van der Waals surface area contributed by atoms with Crippen LogP contribution < -0.4 is 10.6 Å². The van der Waals surface area contributed by atoms with E-state index in [2.05, 4.69) is 10.6 Å². The van der Waals surface area contributed by atoms with Crippen LogP contribution in [-0.4, -0.2) is 11.8 Å². The molecule has 0 bridgehead atoms. The monoisotopic (exact) mass is 410 g/mol. The molecule has 2 heterocycles. The van der Waals surface area contributed by atoms with Crippen LogP contribution in [0.15, 0.2) is 60.0 Å². The number of carbonyl (C=O) groups is 2. The van der Waals surface area contributed by atoms with Crippen molar-refractivity contribution >= 4 is 55.9 Å². The smallest absolute Gasteiger partial charge is 0.266 e. The average molecular weight is 410 g/mol. The fraction of sp³-hybridized carbons (Fsp3) is 0.0476. The van der Waals surface area contributed by atoms with Crippen LogP contribution >= 0.6 is 22.7 Å². The van der Waals surface area contributed by atoms with Crippen molar-refractivity contribution in [2.45, 2.75) is 6.92 Å². The second kappa shape index (κ2) is 7.53. The van der Waals surface area contributed by atoms with Crippen molar-refractivity contribution in [2.24, 2.45) is 0 Å². The number of anilines is 2. The van der Waals surface area contributed by atoms with Gasteiger partial charge in [-0.05, 0) is 71.8 Å². The van der Waals surface area contributed by atoms with Crippen LogP contribution in [0.2, 0.25) is 0 Å². The summed E-state index contributed by atoms with van der Waals surface area (Å²) < 4.78 is 14.3. The van der Waals surface area contributed by atoms with Crippen molar-refractivity contribution < 1.29 is 14.0 Å². The van der Waals surface area contributed by atoms with Gasteiger partial charge in [-0.15, -0.1) is 22.7 Å². The van der Waals surface area contributed by atoms with Crippen molar-refractivity contribution in [2.75, 3.05) is 10.6 Å². The second-order valence-electron chi connectivity index (χ2n) is 6.16. The molecule has 2 aromatic heterocycles. The Morgan fingerprint density at radius 1 is 0.929 bits per heavy atom. The molecule has 4 rings (SSSR count). The highest BCUT2D eigenvalue weighted by Crippen LogP contribution is 2.32. The lowest BCUT2D eigenvalue weighted by Gasteiger charge is -2.07. The van der Waals surface area contributed by atoms with Crippen molar-refractivity contribution in [1.29, 1.82) is 0 Å². The van der Waals surface area contributed by atoms with Crippen LogP contribution in [0, 0.1) is 12.7 Å². The van der Waals surface area contributed by atoms with E-state index in [9.17, 15) is 14.0 Å². The molecule has 4 aromatic rings. The number of fused-ring (bicyclic) bond motifs is 1. The third-order valence-corrected chi connectivity index (χ3v) is 6.39. The number of carbonyl (C=O) groups excluding carboxylic acids is 2. The summed E-state index contributed by atoms with van der Waals surface area (Å²) >= 11 is 2.71. The van der Waals surface area contributed by atoms with Gasteiger partial charge in [-0.2, -0.15) is 0 Å². The number of hydrogen-bond donors (Lipinski definition) is 2. The molecule has 0 aliphatic heterocycles. The first-order valence-corrected chi connectivity index (χ1v) is 10.2. The molecule has 28 heavy (non-hydrogen) atoms. The number of benzene rings is 2. The molecule has 0 fully saturated rings. The molecule has 2 aromatic carbocycles. The minimum absolute atomic E-state index is 0.167. The summed E-state index contributed by atoms with van der Waals surface area (Å²) in [6.07, 6.45) is 0. The summed E-state index contributed by atoms with van der Waals surface area (Å²) in [6, 6.07) is 15.0. The van der Waals surface area contributed by atoms with Crippen LogP contribution in [0.3, 0.4) is 0 Å². The molecule has 0 radical (unpaired) electrons. The SMILES string of the molecule is Cc1c(C(=O)Nc2ccc(NC(=O)c3cccs3)cc2)sc2ccc(F)cc12. The maximum absolute atomic E-state index is 13.5. The molecule has 2 amide bonds. The maximum atomic E-state index is 13.5. The van der Waals surface area contributed by atoms with Crippen molar-refractivity contribution in [1.82, 2.24) is 0 Å². The topological polar surface area (TPSA) is 58.2 Å². The molecule has 0 atom stereocenters. The molecule has 7 heteroatoms. The van der Waals surface area contributed by atoms with Gasteiger partial charge in [0.15, 0.2) is 0 Å². The van der Waals surface area contributed by atoms with E-state index in [1.54, 1.807) is 36.4 Å². The predicted octanol–water partition coefficient (Wildman–Crippen LogP) is 5.91. The fourth-order valence-electron chi connectivity index (χ4n) is 2.83. The molecule has 0 aliphatic rings. The van der Waals surface area contributed by atoms with Gasteiger partial charge in [0.2, 0.25) is 0 Å². The first-order valence-electron chi connectivity index (χ1n) is 8.46. The molecule has 0 saturated heterocycles. The molecule has 0 spiro atoms. The Balaban J connectivity index is 1.48. The fourth-order valence-corrected chi connectivity index (χ4v) is 4.54. The molecule has 4 nitrogen and oxygen atoms in total. The zero-order valence-corrected chi connectivity index (χ0v) is 16.4. The van der Waals surface area contributed by atoms with Gasteiger partial charge >= 0.3 is 0 Å². The molecule has 140 valence electrons. The number of nitrogens with one attached hydrogen (secondary N) is 2. The predicted molar refractivity (Wildman–Crippen MR) is 113 cm³/mol. The van der Waals surface area contributed by atoms with Gasteiger partial charge in [0.1, 0.15) is 5.82 Å². The largest absolute Gasteiger partial charge is 0.321 e. The Kier molecular flexibility index (Phi) is 4.93. The Hall–Kier alpha value is -3.03. The molecular weight excluding hydrogens is 395 g/mol. The molecule has 0 saturated carbocycles. The number of hydrogen-bond acceptors (Lipinski definition) is 4. The lowest BCUT2D eigenvalue weighted by Crippen LogP contribution is -2.12. The number of aryl methyl sites for hydroxylation is 1. The van der Waals surface area contributed by atoms with Gasteiger partial charge in [-0.25, -0.2) is 4.39 Å². The summed E-state index contributed by atoms with van der Waals surface area (Å²) in [5, 5.41) is 8.26. The van der Waals surface area contributed by atoms with E-state index < -0.39 is 0 Å². The van der Waals surface area contributed by atoms with Crippen LogP contribution in [0.4, 0.5) is 15.8 Å². The first-order chi connectivity index (χ1) is 13.5. The minimum atomic E-state index is -0.319.